The second-order valence-electron chi connectivity index (χ2n) is 7.64. The first kappa shape index (κ1) is 19.7. The van der Waals surface area contributed by atoms with E-state index in [4.69, 9.17) is 9.47 Å². The third-order valence-corrected chi connectivity index (χ3v) is 5.85. The molecule has 0 N–H and O–H groups in total. The van der Waals surface area contributed by atoms with E-state index in [0.717, 1.165) is 75.5 Å². The van der Waals surface area contributed by atoms with Crippen molar-refractivity contribution in [2.75, 3.05) is 44.9 Å². The molecular formula is C23H29N3O3. The summed E-state index contributed by atoms with van der Waals surface area (Å²) >= 11 is 0. The highest BCUT2D eigenvalue weighted by molar-refractivity contribution is 5.93. The molecular weight excluding hydrogens is 366 g/mol. The van der Waals surface area contributed by atoms with Crippen LogP contribution >= 0.6 is 0 Å². The van der Waals surface area contributed by atoms with Gasteiger partial charge in [-0.25, -0.2) is 0 Å². The number of ether oxygens (including phenoxy) is 2. The Morgan fingerprint density at radius 1 is 1.07 bits per heavy atom. The molecule has 0 saturated carbocycles. The van der Waals surface area contributed by atoms with Crippen molar-refractivity contribution in [1.29, 1.82) is 0 Å². The van der Waals surface area contributed by atoms with Crippen molar-refractivity contribution in [3.8, 4) is 5.75 Å². The van der Waals surface area contributed by atoms with Crippen LogP contribution in [0.25, 0.3) is 0 Å². The Bertz CT molecular complexity index is 818. The summed E-state index contributed by atoms with van der Waals surface area (Å²) in [5.41, 5.74) is 2.72. The second-order valence-corrected chi connectivity index (χ2v) is 7.64. The number of benzene rings is 1. The van der Waals surface area contributed by atoms with Gasteiger partial charge in [0.25, 0.3) is 5.91 Å². The second kappa shape index (κ2) is 9.27. The fraction of sp³-hybridized carbons (Fsp3) is 0.478. The zero-order valence-electron chi connectivity index (χ0n) is 17.0. The van der Waals surface area contributed by atoms with E-state index in [1.54, 1.807) is 13.3 Å². The topological polar surface area (TPSA) is 54.9 Å². The molecule has 2 fully saturated rings. The van der Waals surface area contributed by atoms with Crippen LogP contribution in [0.5, 0.6) is 5.75 Å². The SMILES string of the molecule is COc1ccc(C2CCCCCN2C(=O)c2cc(N3CCOCC3)ccn2)cc1. The molecule has 4 rings (SSSR count). The Morgan fingerprint density at radius 3 is 2.62 bits per heavy atom. The molecule has 1 amide bonds. The molecule has 2 aliphatic rings. The molecule has 6 nitrogen and oxygen atoms in total. The number of morpholine rings is 1. The van der Waals surface area contributed by atoms with Gasteiger partial charge in [0.05, 0.1) is 26.4 Å². The van der Waals surface area contributed by atoms with Crippen molar-refractivity contribution in [2.24, 2.45) is 0 Å². The number of methoxy groups -OCH3 is 1. The van der Waals surface area contributed by atoms with Crippen LogP contribution in [0.2, 0.25) is 0 Å². The lowest BCUT2D eigenvalue weighted by atomic mass is 10.00. The molecule has 29 heavy (non-hydrogen) atoms. The maximum Gasteiger partial charge on any atom is 0.273 e. The number of amides is 1. The minimum Gasteiger partial charge on any atom is -0.497 e. The molecule has 2 aromatic rings. The predicted molar refractivity (Wildman–Crippen MR) is 113 cm³/mol. The summed E-state index contributed by atoms with van der Waals surface area (Å²) < 4.78 is 10.7. The quantitative estimate of drug-likeness (QED) is 0.790. The van der Waals surface area contributed by atoms with Crippen molar-refractivity contribution in [3.63, 3.8) is 0 Å². The average molecular weight is 396 g/mol. The van der Waals surface area contributed by atoms with Gasteiger partial charge in [0, 0.05) is 31.5 Å². The Morgan fingerprint density at radius 2 is 1.86 bits per heavy atom. The number of aromatic nitrogens is 1. The van der Waals surface area contributed by atoms with E-state index >= 15 is 0 Å². The van der Waals surface area contributed by atoms with Crippen molar-refractivity contribution in [1.82, 2.24) is 9.88 Å². The molecule has 1 atom stereocenters. The first-order chi connectivity index (χ1) is 14.3. The fourth-order valence-electron chi connectivity index (χ4n) is 4.23. The summed E-state index contributed by atoms with van der Waals surface area (Å²) in [6.07, 6.45) is 6.03. The van der Waals surface area contributed by atoms with Crippen LogP contribution in [-0.4, -0.2) is 55.7 Å². The van der Waals surface area contributed by atoms with Gasteiger partial charge in [0.15, 0.2) is 0 Å². The molecule has 0 aliphatic carbocycles. The van der Waals surface area contributed by atoms with Gasteiger partial charge in [-0.2, -0.15) is 0 Å². The van der Waals surface area contributed by atoms with Crippen LogP contribution in [0, 0.1) is 0 Å². The van der Waals surface area contributed by atoms with Crippen LogP contribution in [0.3, 0.4) is 0 Å². The Hall–Kier alpha value is -2.60. The maximum absolute atomic E-state index is 13.5. The molecule has 3 heterocycles. The van der Waals surface area contributed by atoms with E-state index in [1.807, 2.05) is 29.2 Å². The Balaban J connectivity index is 1.58. The molecule has 6 heteroatoms. The summed E-state index contributed by atoms with van der Waals surface area (Å²) in [7, 11) is 1.67. The first-order valence-corrected chi connectivity index (χ1v) is 10.5. The fourth-order valence-corrected chi connectivity index (χ4v) is 4.23. The molecule has 1 unspecified atom stereocenters. The number of carbonyl (C=O) groups excluding carboxylic acids is 1. The number of hydrogen-bond acceptors (Lipinski definition) is 5. The number of pyridine rings is 1. The van der Waals surface area contributed by atoms with Crippen molar-refractivity contribution < 1.29 is 14.3 Å². The summed E-state index contributed by atoms with van der Waals surface area (Å²) in [5.74, 6) is 0.850. The van der Waals surface area contributed by atoms with Gasteiger partial charge < -0.3 is 19.3 Å². The maximum atomic E-state index is 13.5. The third-order valence-electron chi connectivity index (χ3n) is 5.85. The minimum absolute atomic E-state index is 0.0165. The van der Waals surface area contributed by atoms with E-state index in [2.05, 4.69) is 22.0 Å². The highest BCUT2D eigenvalue weighted by atomic mass is 16.5. The largest absolute Gasteiger partial charge is 0.497 e. The zero-order chi connectivity index (χ0) is 20.1. The smallest absolute Gasteiger partial charge is 0.273 e. The monoisotopic (exact) mass is 395 g/mol. The van der Waals surface area contributed by atoms with Crippen molar-refractivity contribution in [3.05, 3.63) is 53.9 Å². The summed E-state index contributed by atoms with van der Waals surface area (Å²) in [6, 6.07) is 12.1. The molecule has 154 valence electrons. The first-order valence-electron chi connectivity index (χ1n) is 10.5. The zero-order valence-corrected chi connectivity index (χ0v) is 17.0. The lowest BCUT2D eigenvalue weighted by Crippen LogP contribution is -2.37. The van der Waals surface area contributed by atoms with E-state index in [9.17, 15) is 4.79 Å². The van der Waals surface area contributed by atoms with Crippen LogP contribution in [-0.2, 0) is 4.74 Å². The third kappa shape index (κ3) is 4.53. The van der Waals surface area contributed by atoms with Gasteiger partial charge in [0.1, 0.15) is 11.4 Å². The number of anilines is 1. The van der Waals surface area contributed by atoms with Gasteiger partial charge >= 0.3 is 0 Å². The number of rotatable bonds is 4. The normalized spacial score (nSPS) is 20.2. The minimum atomic E-state index is 0.0165. The van der Waals surface area contributed by atoms with Crippen molar-refractivity contribution in [2.45, 2.75) is 31.7 Å². The van der Waals surface area contributed by atoms with Gasteiger partial charge in [-0.3, -0.25) is 9.78 Å². The lowest BCUT2D eigenvalue weighted by Gasteiger charge is -2.31. The number of carbonyl (C=O) groups is 1. The molecule has 2 aliphatic heterocycles. The summed E-state index contributed by atoms with van der Waals surface area (Å²) in [4.78, 5) is 22.2. The highest BCUT2D eigenvalue weighted by Crippen LogP contribution is 2.32. The molecule has 0 spiro atoms. The van der Waals surface area contributed by atoms with Crippen LogP contribution in [0.15, 0.2) is 42.6 Å². The van der Waals surface area contributed by atoms with Gasteiger partial charge in [-0.05, 0) is 42.7 Å². The van der Waals surface area contributed by atoms with Crippen molar-refractivity contribution >= 4 is 11.6 Å². The number of nitrogens with zero attached hydrogens (tertiary/aromatic N) is 3. The standard InChI is InChI=1S/C23H29N3O3/c1-28-20-8-6-18(7-9-20)22-5-3-2-4-12-26(22)23(27)21-17-19(10-11-24-21)25-13-15-29-16-14-25/h6-11,17,22H,2-5,12-16H2,1H3. The van der Waals surface area contributed by atoms with Gasteiger partial charge in [0.2, 0.25) is 0 Å². The highest BCUT2D eigenvalue weighted by Gasteiger charge is 2.28. The van der Waals surface area contributed by atoms with E-state index in [-0.39, 0.29) is 11.9 Å². The molecule has 0 radical (unpaired) electrons. The Labute approximate surface area is 172 Å². The average Bonchev–Trinajstić information content (AvgIpc) is 3.05. The predicted octanol–water partition coefficient (Wildman–Crippen LogP) is 3.68. The van der Waals surface area contributed by atoms with E-state index in [1.165, 1.54) is 0 Å². The van der Waals surface area contributed by atoms with Gasteiger partial charge in [-0.15, -0.1) is 0 Å². The van der Waals surface area contributed by atoms with E-state index in [0.29, 0.717) is 5.69 Å². The van der Waals surface area contributed by atoms with Crippen LogP contribution < -0.4 is 9.64 Å². The van der Waals surface area contributed by atoms with Crippen LogP contribution in [0.4, 0.5) is 5.69 Å². The van der Waals surface area contributed by atoms with Gasteiger partial charge in [-0.1, -0.05) is 25.0 Å². The summed E-state index contributed by atoms with van der Waals surface area (Å²) in [5, 5.41) is 0. The molecule has 1 aromatic heterocycles. The number of hydrogen-bond donors (Lipinski definition) is 0. The number of likely N-dealkylation sites (tertiary alicyclic amines) is 1. The molecule has 2 saturated heterocycles. The molecule has 0 bridgehead atoms. The Kier molecular flexibility index (Phi) is 6.30. The molecule has 1 aromatic carbocycles. The van der Waals surface area contributed by atoms with Crippen LogP contribution in [0.1, 0.15) is 47.8 Å². The lowest BCUT2D eigenvalue weighted by molar-refractivity contribution is 0.0675. The summed E-state index contributed by atoms with van der Waals surface area (Å²) in [6.45, 7) is 3.89. The van der Waals surface area contributed by atoms with E-state index < -0.39 is 0 Å².